The van der Waals surface area contributed by atoms with E-state index in [1.165, 1.54) is 12.3 Å². The molecule has 1 amide bonds. The Morgan fingerprint density at radius 3 is 3.00 bits per heavy atom. The standard InChI is InChI=1S/C12H17ClN2O2/c1-9(2)8-17-6-5-15-12(16)10-3-4-14-11(13)7-10/h3-4,7,9H,5-6,8H2,1-2H3,(H,15,16). The number of hydrogen-bond donors (Lipinski definition) is 1. The lowest BCUT2D eigenvalue weighted by Crippen LogP contribution is -2.27. The molecular weight excluding hydrogens is 240 g/mol. The van der Waals surface area contributed by atoms with Gasteiger partial charge in [0.25, 0.3) is 5.91 Å². The molecule has 0 unspecified atom stereocenters. The van der Waals surface area contributed by atoms with Gasteiger partial charge in [-0.2, -0.15) is 0 Å². The minimum atomic E-state index is -0.164. The Labute approximate surface area is 106 Å². The van der Waals surface area contributed by atoms with Gasteiger partial charge < -0.3 is 10.1 Å². The Balaban J connectivity index is 2.26. The van der Waals surface area contributed by atoms with Crippen molar-refractivity contribution in [1.82, 2.24) is 10.3 Å². The van der Waals surface area contributed by atoms with Crippen LogP contribution in [-0.2, 0) is 4.74 Å². The molecule has 1 rings (SSSR count). The molecule has 17 heavy (non-hydrogen) atoms. The number of aromatic nitrogens is 1. The lowest BCUT2D eigenvalue weighted by atomic mass is 10.2. The lowest BCUT2D eigenvalue weighted by Gasteiger charge is -2.08. The molecule has 1 N–H and O–H groups in total. The van der Waals surface area contributed by atoms with Crippen molar-refractivity contribution in [3.8, 4) is 0 Å². The maximum atomic E-state index is 11.6. The van der Waals surface area contributed by atoms with Crippen LogP contribution in [0.1, 0.15) is 24.2 Å². The van der Waals surface area contributed by atoms with Crippen LogP contribution in [0.2, 0.25) is 5.15 Å². The van der Waals surface area contributed by atoms with Crippen LogP contribution in [-0.4, -0.2) is 30.6 Å². The van der Waals surface area contributed by atoms with Gasteiger partial charge in [-0.3, -0.25) is 4.79 Å². The molecule has 0 aromatic carbocycles. The fraction of sp³-hybridized carbons (Fsp3) is 0.500. The van der Waals surface area contributed by atoms with Crippen molar-refractivity contribution >= 4 is 17.5 Å². The third kappa shape index (κ3) is 5.65. The van der Waals surface area contributed by atoms with Crippen LogP contribution in [0.4, 0.5) is 0 Å². The number of amides is 1. The average molecular weight is 257 g/mol. The molecule has 0 saturated heterocycles. The van der Waals surface area contributed by atoms with E-state index in [0.717, 1.165) is 0 Å². The van der Waals surface area contributed by atoms with Gasteiger partial charge in [0, 0.05) is 24.9 Å². The van der Waals surface area contributed by atoms with E-state index in [0.29, 0.717) is 36.4 Å². The van der Waals surface area contributed by atoms with Gasteiger partial charge in [0.15, 0.2) is 0 Å². The maximum absolute atomic E-state index is 11.6. The predicted octanol–water partition coefficient (Wildman–Crippen LogP) is 2.14. The van der Waals surface area contributed by atoms with Crippen molar-refractivity contribution in [3.05, 3.63) is 29.0 Å². The molecule has 0 aliphatic carbocycles. The first-order valence-corrected chi connectivity index (χ1v) is 5.95. The quantitative estimate of drug-likeness (QED) is 0.627. The van der Waals surface area contributed by atoms with Gasteiger partial charge >= 0.3 is 0 Å². The van der Waals surface area contributed by atoms with Crippen molar-refractivity contribution in [2.24, 2.45) is 5.92 Å². The number of pyridine rings is 1. The fourth-order valence-electron chi connectivity index (χ4n) is 1.20. The van der Waals surface area contributed by atoms with Crippen LogP contribution in [0, 0.1) is 5.92 Å². The minimum Gasteiger partial charge on any atom is -0.379 e. The molecule has 0 saturated carbocycles. The molecule has 5 heteroatoms. The van der Waals surface area contributed by atoms with Crippen molar-refractivity contribution in [3.63, 3.8) is 0 Å². The van der Waals surface area contributed by atoms with Gasteiger partial charge in [-0.05, 0) is 18.1 Å². The average Bonchev–Trinajstić information content (AvgIpc) is 2.28. The Morgan fingerprint density at radius 2 is 2.35 bits per heavy atom. The summed E-state index contributed by atoms with van der Waals surface area (Å²) < 4.78 is 5.35. The molecule has 0 aliphatic rings. The highest BCUT2D eigenvalue weighted by Gasteiger charge is 2.05. The van der Waals surface area contributed by atoms with Gasteiger partial charge in [-0.1, -0.05) is 25.4 Å². The van der Waals surface area contributed by atoms with Crippen LogP contribution in [0.15, 0.2) is 18.3 Å². The summed E-state index contributed by atoms with van der Waals surface area (Å²) in [4.78, 5) is 15.5. The summed E-state index contributed by atoms with van der Waals surface area (Å²) in [5.74, 6) is 0.340. The molecular formula is C12H17ClN2O2. The Hall–Kier alpha value is -1.13. The first-order chi connectivity index (χ1) is 8.09. The van der Waals surface area contributed by atoms with Crippen LogP contribution in [0.25, 0.3) is 0 Å². The van der Waals surface area contributed by atoms with Crippen LogP contribution in [0.3, 0.4) is 0 Å². The fourth-order valence-corrected chi connectivity index (χ4v) is 1.38. The maximum Gasteiger partial charge on any atom is 0.251 e. The predicted molar refractivity (Wildman–Crippen MR) is 67.2 cm³/mol. The number of hydrogen-bond acceptors (Lipinski definition) is 3. The third-order valence-corrected chi connectivity index (χ3v) is 2.18. The molecule has 0 bridgehead atoms. The van der Waals surface area contributed by atoms with E-state index in [1.807, 2.05) is 0 Å². The van der Waals surface area contributed by atoms with E-state index in [4.69, 9.17) is 16.3 Å². The van der Waals surface area contributed by atoms with Crippen LogP contribution in [0.5, 0.6) is 0 Å². The molecule has 1 heterocycles. The highest BCUT2D eigenvalue weighted by atomic mass is 35.5. The van der Waals surface area contributed by atoms with Gasteiger partial charge in [0.05, 0.1) is 6.61 Å². The number of nitrogens with zero attached hydrogens (tertiary/aromatic N) is 1. The highest BCUT2D eigenvalue weighted by molar-refractivity contribution is 6.29. The summed E-state index contributed by atoms with van der Waals surface area (Å²) >= 11 is 5.69. The van der Waals surface area contributed by atoms with E-state index < -0.39 is 0 Å². The Kier molecular flexibility index (Phi) is 5.94. The smallest absolute Gasteiger partial charge is 0.251 e. The number of ether oxygens (including phenoxy) is 1. The molecule has 0 spiro atoms. The van der Waals surface area contributed by atoms with Gasteiger partial charge in [0.2, 0.25) is 0 Å². The summed E-state index contributed by atoms with van der Waals surface area (Å²) in [6.45, 7) is 5.88. The summed E-state index contributed by atoms with van der Waals surface area (Å²) in [7, 11) is 0. The molecule has 1 aromatic heterocycles. The van der Waals surface area contributed by atoms with Crippen LogP contribution < -0.4 is 5.32 Å². The third-order valence-electron chi connectivity index (χ3n) is 1.97. The number of halogens is 1. The molecule has 1 aromatic rings. The Morgan fingerprint density at radius 1 is 1.59 bits per heavy atom. The number of rotatable bonds is 6. The van der Waals surface area contributed by atoms with Gasteiger partial charge in [0.1, 0.15) is 5.15 Å². The SMILES string of the molecule is CC(C)COCCNC(=O)c1ccnc(Cl)c1. The number of nitrogens with one attached hydrogen (secondary N) is 1. The van der Waals surface area contributed by atoms with Crippen molar-refractivity contribution in [2.75, 3.05) is 19.8 Å². The summed E-state index contributed by atoms with van der Waals surface area (Å²) in [6.07, 6.45) is 1.51. The van der Waals surface area contributed by atoms with Crippen molar-refractivity contribution < 1.29 is 9.53 Å². The molecule has 0 atom stereocenters. The molecule has 94 valence electrons. The molecule has 0 aliphatic heterocycles. The van der Waals surface area contributed by atoms with Crippen molar-refractivity contribution in [1.29, 1.82) is 0 Å². The van der Waals surface area contributed by atoms with E-state index in [-0.39, 0.29) is 5.91 Å². The Bertz CT molecular complexity index is 369. The number of carbonyl (C=O) groups is 1. The second-order valence-electron chi connectivity index (χ2n) is 4.09. The first kappa shape index (κ1) is 13.9. The van der Waals surface area contributed by atoms with E-state index in [9.17, 15) is 4.79 Å². The summed E-state index contributed by atoms with van der Waals surface area (Å²) in [5.41, 5.74) is 0.508. The summed E-state index contributed by atoms with van der Waals surface area (Å²) in [6, 6.07) is 3.15. The van der Waals surface area contributed by atoms with E-state index >= 15 is 0 Å². The molecule has 0 fully saturated rings. The lowest BCUT2D eigenvalue weighted by molar-refractivity contribution is 0.0886. The summed E-state index contributed by atoms with van der Waals surface area (Å²) in [5, 5.41) is 3.06. The first-order valence-electron chi connectivity index (χ1n) is 5.57. The zero-order valence-electron chi connectivity index (χ0n) is 10.1. The second-order valence-corrected chi connectivity index (χ2v) is 4.48. The molecule has 0 radical (unpaired) electrons. The van der Waals surface area contributed by atoms with Crippen LogP contribution >= 0.6 is 11.6 Å². The second kappa shape index (κ2) is 7.25. The zero-order valence-corrected chi connectivity index (χ0v) is 10.8. The zero-order chi connectivity index (χ0) is 12.7. The van der Waals surface area contributed by atoms with Gasteiger partial charge in [-0.25, -0.2) is 4.98 Å². The molecule has 4 nitrogen and oxygen atoms in total. The van der Waals surface area contributed by atoms with Crippen molar-refractivity contribution in [2.45, 2.75) is 13.8 Å². The monoisotopic (exact) mass is 256 g/mol. The van der Waals surface area contributed by atoms with E-state index in [2.05, 4.69) is 24.1 Å². The minimum absolute atomic E-state index is 0.164. The van der Waals surface area contributed by atoms with E-state index in [1.54, 1.807) is 6.07 Å². The highest BCUT2D eigenvalue weighted by Crippen LogP contribution is 2.06. The normalized spacial score (nSPS) is 10.6. The topological polar surface area (TPSA) is 51.2 Å². The van der Waals surface area contributed by atoms with Gasteiger partial charge in [-0.15, -0.1) is 0 Å². The largest absolute Gasteiger partial charge is 0.379 e. The number of carbonyl (C=O) groups excluding carboxylic acids is 1.